The number of nitriles is 1. The average Bonchev–Trinajstić information content (AvgIpc) is 3.44. The molecule has 0 unspecified atom stereocenters. The molecule has 4 fully saturated rings. The van der Waals surface area contributed by atoms with E-state index in [-0.39, 0.29) is 5.41 Å². The Morgan fingerprint density at radius 3 is 1.54 bits per heavy atom. The van der Waals surface area contributed by atoms with Crippen LogP contribution in [0.15, 0.2) is 121 Å². The third kappa shape index (κ3) is 3.97. The molecule has 11 rings (SSSR count). The van der Waals surface area contributed by atoms with Crippen molar-refractivity contribution >= 4 is 0 Å². The molecule has 0 atom stereocenters. The van der Waals surface area contributed by atoms with Gasteiger partial charge in [0.15, 0.2) is 17.5 Å². The molecule has 0 N–H and O–H groups in total. The van der Waals surface area contributed by atoms with E-state index < -0.39 is 0 Å². The molecule has 0 saturated heterocycles. The predicted molar refractivity (Wildman–Crippen MR) is 190 cm³/mol. The van der Waals surface area contributed by atoms with Crippen LogP contribution >= 0.6 is 0 Å². The van der Waals surface area contributed by atoms with E-state index in [0.29, 0.717) is 29.3 Å². The van der Waals surface area contributed by atoms with Gasteiger partial charge in [0, 0.05) is 33.2 Å². The average molecular weight is 619 g/mol. The van der Waals surface area contributed by atoms with Crippen LogP contribution in [0.2, 0.25) is 0 Å². The largest absolute Gasteiger partial charge is 0.208 e. The van der Waals surface area contributed by atoms with E-state index in [1.165, 1.54) is 48.8 Å². The molecule has 4 heteroatoms. The van der Waals surface area contributed by atoms with Crippen molar-refractivity contribution < 1.29 is 0 Å². The Morgan fingerprint density at radius 2 is 1.00 bits per heavy atom. The van der Waals surface area contributed by atoms with Gasteiger partial charge >= 0.3 is 0 Å². The van der Waals surface area contributed by atoms with Crippen molar-refractivity contribution in [1.82, 2.24) is 15.0 Å². The highest BCUT2D eigenvalue weighted by Gasteiger charge is 2.62. The maximum atomic E-state index is 10.9. The molecule has 1 heterocycles. The molecule has 0 amide bonds. The molecule has 48 heavy (non-hydrogen) atoms. The first kappa shape index (κ1) is 27.7. The number of nitrogens with zero attached hydrogens (tertiary/aromatic N) is 4. The fourth-order valence-corrected chi connectivity index (χ4v) is 10.3. The number of rotatable bonds is 4. The van der Waals surface area contributed by atoms with Gasteiger partial charge in [0.1, 0.15) is 6.07 Å². The minimum atomic E-state index is -0.0407. The Hall–Kier alpha value is -5.40. The first-order chi connectivity index (χ1) is 23.7. The van der Waals surface area contributed by atoms with Crippen molar-refractivity contribution in [1.29, 1.82) is 5.26 Å². The van der Waals surface area contributed by atoms with Gasteiger partial charge in [-0.3, -0.25) is 0 Å². The molecule has 0 radical (unpaired) electrons. The van der Waals surface area contributed by atoms with Gasteiger partial charge in [0.05, 0.1) is 5.56 Å². The summed E-state index contributed by atoms with van der Waals surface area (Å²) in [5.41, 5.74) is 10.8. The lowest BCUT2D eigenvalue weighted by Crippen LogP contribution is -2.55. The lowest BCUT2D eigenvalue weighted by molar-refractivity contribution is -0.0399. The highest BCUT2D eigenvalue weighted by atomic mass is 15.0. The van der Waals surface area contributed by atoms with Crippen molar-refractivity contribution in [2.45, 2.75) is 37.5 Å². The summed E-state index contributed by atoms with van der Waals surface area (Å²) in [6, 6.07) is 44.9. The van der Waals surface area contributed by atoms with E-state index in [1.807, 2.05) is 66.7 Å². The van der Waals surface area contributed by atoms with Gasteiger partial charge in [-0.15, -0.1) is 0 Å². The number of hydrogen-bond donors (Lipinski definition) is 0. The molecule has 6 aromatic rings. The summed E-state index contributed by atoms with van der Waals surface area (Å²) in [6.07, 6.45) is 6.59. The summed E-state index contributed by atoms with van der Waals surface area (Å²) in [6.45, 7) is 0. The van der Waals surface area contributed by atoms with Crippen molar-refractivity contribution in [3.63, 3.8) is 0 Å². The quantitative estimate of drug-likeness (QED) is 0.197. The zero-order valence-corrected chi connectivity index (χ0v) is 26.7. The van der Waals surface area contributed by atoms with Crippen molar-refractivity contribution in [3.05, 3.63) is 138 Å². The van der Waals surface area contributed by atoms with Crippen molar-refractivity contribution in [2.75, 3.05) is 0 Å². The van der Waals surface area contributed by atoms with E-state index in [1.54, 1.807) is 0 Å². The number of fused-ring (bicyclic) bond motifs is 3. The fraction of sp³-hybridized carbons (Fsp3) is 0.227. The zero-order valence-electron chi connectivity index (χ0n) is 26.7. The van der Waals surface area contributed by atoms with Crippen molar-refractivity contribution in [2.24, 2.45) is 23.7 Å². The summed E-state index contributed by atoms with van der Waals surface area (Å²) < 4.78 is 0. The van der Waals surface area contributed by atoms with E-state index >= 15 is 0 Å². The van der Waals surface area contributed by atoms with Crippen LogP contribution in [-0.2, 0) is 5.41 Å². The molecule has 4 nitrogen and oxygen atoms in total. The van der Waals surface area contributed by atoms with Crippen LogP contribution in [0.5, 0.6) is 0 Å². The smallest absolute Gasteiger partial charge is 0.164 e. The molecule has 5 aliphatic carbocycles. The summed E-state index contributed by atoms with van der Waals surface area (Å²) >= 11 is 0. The van der Waals surface area contributed by atoms with Gasteiger partial charge in [-0.25, -0.2) is 15.0 Å². The maximum absolute atomic E-state index is 10.9. The topological polar surface area (TPSA) is 62.5 Å². The third-order valence-electron chi connectivity index (χ3n) is 12.0. The van der Waals surface area contributed by atoms with E-state index in [0.717, 1.165) is 50.8 Å². The fourth-order valence-electron chi connectivity index (χ4n) is 10.3. The highest BCUT2D eigenvalue weighted by molar-refractivity contribution is 5.92. The Balaban J connectivity index is 1.22. The highest BCUT2D eigenvalue weighted by Crippen LogP contribution is 2.70. The SMILES string of the molecule is N#Cc1c(-c2ccccc2)ccc2c1-c1cc(-c3nc(-c4ccccc4)nc(-c4ccccc4)n3)ccc1C21C2CC3CC(C2)CC1C3. The first-order valence-electron chi connectivity index (χ1n) is 17.4. The monoisotopic (exact) mass is 618 g/mol. The van der Waals surface area contributed by atoms with E-state index in [4.69, 9.17) is 15.0 Å². The van der Waals surface area contributed by atoms with Gasteiger partial charge in [0.2, 0.25) is 0 Å². The molecule has 4 saturated carbocycles. The van der Waals surface area contributed by atoms with Crippen LogP contribution in [-0.4, -0.2) is 15.0 Å². The van der Waals surface area contributed by atoms with Crippen LogP contribution in [0.1, 0.15) is 48.8 Å². The minimum absolute atomic E-state index is 0.0407. The number of benzene rings is 5. The van der Waals surface area contributed by atoms with Crippen LogP contribution < -0.4 is 0 Å². The molecular weight excluding hydrogens is 585 g/mol. The van der Waals surface area contributed by atoms with Crippen LogP contribution in [0.25, 0.3) is 56.4 Å². The molecule has 230 valence electrons. The summed E-state index contributed by atoms with van der Waals surface area (Å²) in [5, 5.41) is 10.9. The molecule has 1 spiro atoms. The minimum Gasteiger partial charge on any atom is -0.208 e. The van der Waals surface area contributed by atoms with E-state index in [9.17, 15) is 5.26 Å². The van der Waals surface area contributed by atoms with Crippen LogP contribution in [0, 0.1) is 35.0 Å². The second-order valence-electron chi connectivity index (χ2n) is 14.4. The summed E-state index contributed by atoms with van der Waals surface area (Å²) in [7, 11) is 0. The van der Waals surface area contributed by atoms with Crippen LogP contribution in [0.4, 0.5) is 0 Å². The number of aromatic nitrogens is 3. The molecule has 0 aliphatic heterocycles. The Kier molecular flexibility index (Phi) is 6.09. The summed E-state index contributed by atoms with van der Waals surface area (Å²) in [4.78, 5) is 15.1. The Labute approximate surface area is 281 Å². The first-order valence-corrected chi connectivity index (χ1v) is 17.4. The van der Waals surface area contributed by atoms with Gasteiger partial charge in [0.25, 0.3) is 0 Å². The van der Waals surface area contributed by atoms with Crippen LogP contribution in [0.3, 0.4) is 0 Å². The lowest BCUT2D eigenvalue weighted by atomic mass is 9.43. The van der Waals surface area contributed by atoms with Gasteiger partial charge in [-0.1, -0.05) is 115 Å². The standard InChI is InChI=1S/C44H34N4/c45-26-37-35(29-10-4-1-5-11-29)17-19-39-40(37)36-25-32(16-18-38(36)44(39)33-21-27-20-28(23-33)24-34(44)22-27)43-47-41(30-12-6-2-7-13-30)46-42(48-43)31-14-8-3-9-15-31/h1-19,25,27-28,33-34H,20-24H2. The summed E-state index contributed by atoms with van der Waals surface area (Å²) in [5.74, 6) is 4.88. The zero-order chi connectivity index (χ0) is 31.8. The predicted octanol–water partition coefficient (Wildman–Crippen LogP) is 10.1. The van der Waals surface area contributed by atoms with Gasteiger partial charge in [-0.05, 0) is 84.1 Å². The molecule has 5 aliphatic rings. The molecule has 4 bridgehead atoms. The molecule has 5 aromatic carbocycles. The second kappa shape index (κ2) is 10.6. The third-order valence-corrected chi connectivity index (χ3v) is 12.0. The Morgan fingerprint density at radius 1 is 0.500 bits per heavy atom. The van der Waals surface area contributed by atoms with Crippen molar-refractivity contribution in [3.8, 4) is 62.5 Å². The van der Waals surface area contributed by atoms with Gasteiger partial charge in [-0.2, -0.15) is 5.26 Å². The molecule has 1 aromatic heterocycles. The Bertz CT molecular complexity index is 2170. The lowest BCUT2D eigenvalue weighted by Gasteiger charge is -2.61. The second-order valence-corrected chi connectivity index (χ2v) is 14.4. The van der Waals surface area contributed by atoms with Gasteiger partial charge < -0.3 is 0 Å². The maximum Gasteiger partial charge on any atom is 0.164 e. The number of hydrogen-bond acceptors (Lipinski definition) is 4. The molecular formula is C44H34N4. The van der Waals surface area contributed by atoms with E-state index in [2.05, 4.69) is 60.7 Å². The normalized spacial score (nSPS) is 24.3.